The van der Waals surface area contributed by atoms with Crippen molar-refractivity contribution >= 4 is 31.5 Å². The Balaban J connectivity index is 0.952. The third-order valence-corrected chi connectivity index (χ3v) is 17.1. The Morgan fingerprint density at radius 2 is 0.707 bits per heavy atom. The summed E-state index contributed by atoms with van der Waals surface area (Å²) in [5.74, 6) is 1.89. The summed E-state index contributed by atoms with van der Waals surface area (Å²) in [6, 6.07) is 99.5. The van der Waals surface area contributed by atoms with Crippen LogP contribution in [0, 0.1) is 0 Å². The summed E-state index contributed by atoms with van der Waals surface area (Å²) in [6.07, 6.45) is 0. The molecule has 0 radical (unpaired) electrons. The predicted molar refractivity (Wildman–Crippen MR) is 309 cm³/mol. The molecule has 0 saturated carbocycles. The van der Waals surface area contributed by atoms with E-state index in [0.29, 0.717) is 17.5 Å². The molecule has 0 amide bonds. The van der Waals surface area contributed by atoms with Gasteiger partial charge in [-0.2, -0.15) is 0 Å². The second-order valence-corrected chi connectivity index (χ2v) is 20.8. The molecule has 350 valence electrons. The maximum absolute atomic E-state index is 5.57. The molecule has 0 saturated heterocycles. The van der Waals surface area contributed by atoms with E-state index in [0.717, 1.165) is 38.1 Å². The molecule has 3 nitrogen and oxygen atoms in total. The number of hydrogen-bond acceptors (Lipinski definition) is 4. The summed E-state index contributed by atoms with van der Waals surface area (Å²) in [5.41, 5.74) is 18.7. The minimum absolute atomic E-state index is 0.513. The number of fused-ring (bicyclic) bond motifs is 9. The second kappa shape index (κ2) is 17.1. The minimum Gasteiger partial charge on any atom is -0.208 e. The van der Waals surface area contributed by atoms with Crippen LogP contribution in [0.3, 0.4) is 0 Å². The molecule has 4 heteroatoms. The lowest BCUT2D eigenvalue weighted by Gasteiger charge is -2.34. The van der Waals surface area contributed by atoms with E-state index < -0.39 is 10.8 Å². The van der Waals surface area contributed by atoms with Crippen molar-refractivity contribution in [2.75, 3.05) is 0 Å². The van der Waals surface area contributed by atoms with E-state index in [1.165, 1.54) is 76.7 Å². The summed E-state index contributed by atoms with van der Waals surface area (Å²) in [4.78, 5) is 16.6. The van der Waals surface area contributed by atoms with Gasteiger partial charge in [-0.25, -0.2) is 15.0 Å². The van der Waals surface area contributed by atoms with Crippen LogP contribution in [0.15, 0.2) is 273 Å². The van der Waals surface area contributed by atoms with E-state index in [2.05, 4.69) is 273 Å². The molecule has 2 heterocycles. The van der Waals surface area contributed by atoms with Crippen molar-refractivity contribution < 1.29 is 0 Å². The molecule has 2 aliphatic carbocycles. The van der Waals surface area contributed by atoms with Crippen LogP contribution in [0.2, 0.25) is 0 Å². The van der Waals surface area contributed by atoms with Gasteiger partial charge in [0, 0.05) is 36.9 Å². The maximum atomic E-state index is 5.57. The summed E-state index contributed by atoms with van der Waals surface area (Å²) in [7, 11) is 0. The van der Waals surface area contributed by atoms with Crippen molar-refractivity contribution in [3.63, 3.8) is 0 Å². The van der Waals surface area contributed by atoms with Gasteiger partial charge in [0.05, 0.1) is 10.8 Å². The van der Waals surface area contributed by atoms with Gasteiger partial charge in [0.25, 0.3) is 0 Å². The normalized spacial score (nSPS) is 13.5. The lowest BCUT2D eigenvalue weighted by atomic mass is 9.67. The van der Waals surface area contributed by atoms with E-state index in [-0.39, 0.29) is 0 Å². The molecule has 2 aliphatic rings. The van der Waals surface area contributed by atoms with E-state index in [9.17, 15) is 0 Å². The first-order chi connectivity index (χ1) is 37.2. The van der Waals surface area contributed by atoms with Crippen LogP contribution in [0.5, 0.6) is 0 Å². The molecule has 0 atom stereocenters. The Hall–Kier alpha value is -9.35. The van der Waals surface area contributed by atoms with Crippen LogP contribution in [-0.4, -0.2) is 15.0 Å². The molecule has 0 spiro atoms. The van der Waals surface area contributed by atoms with Crippen LogP contribution >= 0.6 is 11.3 Å². The SMILES string of the molecule is c1ccc(C2(c3ccccc3)c3ccccc3-c3ccc(-c4cccc(-c5nc(-c6cccc7c6-c6ccccc6C7(c6ccccc6)c6ccccc6)nc(-c6cccc7c6sc6ccccc67)n5)c4)cc32)cc1. The fourth-order valence-electron chi connectivity index (χ4n) is 12.8. The van der Waals surface area contributed by atoms with E-state index >= 15 is 0 Å². The number of rotatable bonds is 8. The second-order valence-electron chi connectivity index (χ2n) is 19.7. The van der Waals surface area contributed by atoms with Gasteiger partial charge in [-0.15, -0.1) is 11.3 Å². The molecule has 2 aromatic heterocycles. The van der Waals surface area contributed by atoms with Crippen molar-refractivity contribution in [1.82, 2.24) is 15.0 Å². The molecule has 15 rings (SSSR count). The highest BCUT2D eigenvalue weighted by molar-refractivity contribution is 7.26. The van der Waals surface area contributed by atoms with Crippen LogP contribution in [-0.2, 0) is 10.8 Å². The van der Waals surface area contributed by atoms with Gasteiger partial charge in [0.15, 0.2) is 17.5 Å². The van der Waals surface area contributed by atoms with Gasteiger partial charge in [0.1, 0.15) is 0 Å². The highest BCUT2D eigenvalue weighted by Crippen LogP contribution is 2.59. The van der Waals surface area contributed by atoms with Crippen molar-refractivity contribution in [1.29, 1.82) is 0 Å². The molecule has 75 heavy (non-hydrogen) atoms. The van der Waals surface area contributed by atoms with Gasteiger partial charge in [-0.1, -0.05) is 249 Å². The zero-order valence-corrected chi connectivity index (χ0v) is 41.5. The standard InChI is InChI=1S/C71H45N3S/c1-5-24-49(25-6-1)70(50-26-7-2-8-27-50)61-39-17-14-34-57(61)65-58(36-21-40-62(65)70)68-72-67(73-69(74-68)59-37-20-35-56-55-33-15-18-41-64(55)75-66(56)59)48-23-19-22-46(44-48)47-42-43-54-53-32-13-16-38-60(53)71(63(54)45-47,51-28-9-3-10-29-51)52-30-11-4-12-31-52/h1-45H. The van der Waals surface area contributed by atoms with Crippen molar-refractivity contribution in [2.24, 2.45) is 0 Å². The summed E-state index contributed by atoms with van der Waals surface area (Å²) < 4.78 is 2.39. The topological polar surface area (TPSA) is 38.7 Å². The quantitative estimate of drug-likeness (QED) is 0.152. The molecular formula is C71H45N3S. The largest absolute Gasteiger partial charge is 0.208 e. The van der Waals surface area contributed by atoms with E-state index in [1.807, 2.05) is 0 Å². The molecule has 0 N–H and O–H groups in total. The van der Waals surface area contributed by atoms with E-state index in [4.69, 9.17) is 15.0 Å². The van der Waals surface area contributed by atoms with Crippen molar-refractivity contribution in [3.8, 4) is 67.5 Å². The fourth-order valence-corrected chi connectivity index (χ4v) is 14.0. The Labute approximate surface area is 439 Å². The smallest absolute Gasteiger partial charge is 0.165 e. The molecule has 13 aromatic rings. The fraction of sp³-hybridized carbons (Fsp3) is 0.0282. The Bertz CT molecular complexity index is 4280. The van der Waals surface area contributed by atoms with Gasteiger partial charge < -0.3 is 0 Å². The number of hydrogen-bond donors (Lipinski definition) is 0. The predicted octanol–water partition coefficient (Wildman–Crippen LogP) is 17.6. The molecule has 0 bridgehead atoms. The summed E-state index contributed by atoms with van der Waals surface area (Å²) in [5, 5.41) is 2.43. The average Bonchev–Trinajstić information content (AvgIpc) is 4.13. The van der Waals surface area contributed by atoms with Crippen LogP contribution in [0.4, 0.5) is 0 Å². The lowest BCUT2D eigenvalue weighted by molar-refractivity contribution is 0.768. The maximum Gasteiger partial charge on any atom is 0.165 e. The molecule has 0 fully saturated rings. The summed E-state index contributed by atoms with van der Waals surface area (Å²) >= 11 is 1.79. The Morgan fingerprint density at radius 1 is 0.267 bits per heavy atom. The first kappa shape index (κ1) is 43.3. The highest BCUT2D eigenvalue weighted by atomic mass is 32.1. The Morgan fingerprint density at radius 3 is 1.39 bits per heavy atom. The van der Waals surface area contributed by atoms with Gasteiger partial charge in [0.2, 0.25) is 0 Å². The monoisotopic (exact) mass is 971 g/mol. The molecule has 0 aliphatic heterocycles. The van der Waals surface area contributed by atoms with Gasteiger partial charge in [-0.05, 0) is 102 Å². The highest BCUT2D eigenvalue weighted by Gasteiger charge is 2.48. The Kier molecular flexibility index (Phi) is 9.88. The summed E-state index contributed by atoms with van der Waals surface area (Å²) in [6.45, 7) is 0. The molecular weight excluding hydrogens is 927 g/mol. The third kappa shape index (κ3) is 6.43. The minimum atomic E-state index is -0.573. The third-order valence-electron chi connectivity index (χ3n) is 15.9. The first-order valence-electron chi connectivity index (χ1n) is 25.7. The average molecular weight is 972 g/mol. The van der Waals surface area contributed by atoms with Crippen LogP contribution in [0.1, 0.15) is 44.5 Å². The van der Waals surface area contributed by atoms with Crippen LogP contribution < -0.4 is 0 Å². The number of nitrogens with zero attached hydrogens (tertiary/aromatic N) is 3. The zero-order chi connectivity index (χ0) is 49.5. The van der Waals surface area contributed by atoms with Crippen LogP contribution in [0.25, 0.3) is 87.7 Å². The van der Waals surface area contributed by atoms with Gasteiger partial charge >= 0.3 is 0 Å². The van der Waals surface area contributed by atoms with Crippen molar-refractivity contribution in [3.05, 3.63) is 317 Å². The molecule has 0 unspecified atom stereocenters. The first-order valence-corrected chi connectivity index (χ1v) is 26.5. The molecule has 11 aromatic carbocycles. The number of aromatic nitrogens is 3. The number of benzene rings is 11. The van der Waals surface area contributed by atoms with Gasteiger partial charge in [-0.3, -0.25) is 0 Å². The lowest BCUT2D eigenvalue weighted by Crippen LogP contribution is -2.28. The number of thiophene rings is 1. The zero-order valence-electron chi connectivity index (χ0n) is 40.7. The van der Waals surface area contributed by atoms with E-state index in [1.54, 1.807) is 11.3 Å². The van der Waals surface area contributed by atoms with Crippen molar-refractivity contribution in [2.45, 2.75) is 10.8 Å².